The monoisotopic (exact) mass is 433 g/mol. The van der Waals surface area contributed by atoms with E-state index in [2.05, 4.69) is 5.32 Å². The molecule has 0 aliphatic carbocycles. The van der Waals surface area contributed by atoms with Crippen molar-refractivity contribution < 1.29 is 23.8 Å². The molecule has 1 N–H and O–H groups in total. The summed E-state index contributed by atoms with van der Waals surface area (Å²) in [6.07, 6.45) is 0. The van der Waals surface area contributed by atoms with Crippen LogP contribution in [-0.4, -0.2) is 32.0 Å². The molecule has 0 aromatic heterocycles. The Balaban J connectivity index is 1.85. The van der Waals surface area contributed by atoms with Gasteiger partial charge in [-0.3, -0.25) is 9.59 Å². The number of carbonyl (C=O) groups excluding carboxylic acids is 2. The number of amides is 1. The molecule has 0 fully saturated rings. The van der Waals surface area contributed by atoms with E-state index in [1.165, 1.54) is 0 Å². The maximum atomic E-state index is 13.3. The molecule has 32 heavy (non-hydrogen) atoms. The predicted octanol–water partition coefficient (Wildman–Crippen LogP) is 4.65. The first-order chi connectivity index (χ1) is 15.6. The first-order valence-electron chi connectivity index (χ1n) is 10.5. The quantitative estimate of drug-likeness (QED) is 0.471. The van der Waals surface area contributed by atoms with Crippen molar-refractivity contribution in [2.75, 3.05) is 20.3 Å². The molecule has 0 radical (unpaired) electrons. The lowest BCUT2D eigenvalue weighted by Gasteiger charge is -2.14. The van der Waals surface area contributed by atoms with E-state index in [0.717, 1.165) is 5.56 Å². The number of methoxy groups -OCH3 is 1. The van der Waals surface area contributed by atoms with Crippen LogP contribution >= 0.6 is 0 Å². The summed E-state index contributed by atoms with van der Waals surface area (Å²) in [6, 6.07) is 19.3. The van der Waals surface area contributed by atoms with Crippen LogP contribution in [0.1, 0.15) is 45.7 Å². The van der Waals surface area contributed by atoms with Crippen molar-refractivity contribution in [2.24, 2.45) is 0 Å². The lowest BCUT2D eigenvalue weighted by molar-refractivity contribution is 0.0939. The van der Waals surface area contributed by atoms with Gasteiger partial charge in [-0.1, -0.05) is 36.4 Å². The predicted molar refractivity (Wildman–Crippen MR) is 123 cm³/mol. The smallest absolute Gasteiger partial charge is 0.252 e. The van der Waals surface area contributed by atoms with Crippen LogP contribution in [0.3, 0.4) is 0 Å². The summed E-state index contributed by atoms with van der Waals surface area (Å²) in [7, 11) is 1.59. The van der Waals surface area contributed by atoms with Gasteiger partial charge < -0.3 is 19.5 Å². The van der Waals surface area contributed by atoms with E-state index in [0.29, 0.717) is 47.2 Å². The number of carbonyl (C=O) groups is 2. The second-order valence-electron chi connectivity index (χ2n) is 6.90. The Morgan fingerprint density at radius 1 is 0.781 bits per heavy atom. The van der Waals surface area contributed by atoms with Crippen molar-refractivity contribution in [2.45, 2.75) is 20.4 Å². The highest BCUT2D eigenvalue weighted by Gasteiger charge is 2.20. The molecular formula is C26H27NO5. The number of rotatable bonds is 10. The van der Waals surface area contributed by atoms with E-state index in [-0.39, 0.29) is 18.2 Å². The standard InChI is InChI=1S/C26H27NO5/c1-4-31-23-15-14-18(16-24(23)32-5-2)25(28)20-11-7-8-12-21(20)26(29)27-17-19-10-6-9-13-22(19)30-3/h6-16H,4-5,17H2,1-3H3,(H,27,29). The van der Waals surface area contributed by atoms with E-state index in [4.69, 9.17) is 14.2 Å². The normalized spacial score (nSPS) is 10.3. The highest BCUT2D eigenvalue weighted by atomic mass is 16.5. The third-order valence-electron chi connectivity index (χ3n) is 4.85. The average Bonchev–Trinajstić information content (AvgIpc) is 2.83. The number of benzene rings is 3. The van der Waals surface area contributed by atoms with Crippen LogP contribution < -0.4 is 19.5 Å². The van der Waals surface area contributed by atoms with Crippen LogP contribution in [0.4, 0.5) is 0 Å². The Morgan fingerprint density at radius 2 is 1.44 bits per heavy atom. The number of para-hydroxylation sites is 1. The summed E-state index contributed by atoms with van der Waals surface area (Å²) in [4.78, 5) is 26.2. The number of hydrogen-bond acceptors (Lipinski definition) is 5. The fourth-order valence-electron chi connectivity index (χ4n) is 3.35. The van der Waals surface area contributed by atoms with Gasteiger partial charge in [-0.2, -0.15) is 0 Å². The maximum absolute atomic E-state index is 13.3. The fourth-order valence-corrected chi connectivity index (χ4v) is 3.35. The molecule has 3 aromatic carbocycles. The average molecular weight is 434 g/mol. The summed E-state index contributed by atoms with van der Waals surface area (Å²) < 4.78 is 16.5. The zero-order valence-electron chi connectivity index (χ0n) is 18.5. The lowest BCUT2D eigenvalue weighted by atomic mass is 9.97. The number of ether oxygens (including phenoxy) is 3. The van der Waals surface area contributed by atoms with Crippen molar-refractivity contribution in [3.8, 4) is 17.2 Å². The first kappa shape index (κ1) is 22.9. The molecule has 0 atom stereocenters. The van der Waals surface area contributed by atoms with Crippen LogP contribution in [0.5, 0.6) is 17.2 Å². The van der Waals surface area contributed by atoms with E-state index in [9.17, 15) is 9.59 Å². The SMILES string of the molecule is CCOc1ccc(C(=O)c2ccccc2C(=O)NCc2ccccc2OC)cc1OCC. The minimum absolute atomic E-state index is 0.267. The van der Waals surface area contributed by atoms with E-state index >= 15 is 0 Å². The van der Waals surface area contributed by atoms with Crippen LogP contribution in [0.25, 0.3) is 0 Å². The molecule has 0 heterocycles. The molecular weight excluding hydrogens is 406 g/mol. The second-order valence-corrected chi connectivity index (χ2v) is 6.90. The molecule has 0 saturated carbocycles. The molecule has 0 spiro atoms. The summed E-state index contributed by atoms with van der Waals surface area (Å²) in [6.45, 7) is 4.96. The lowest BCUT2D eigenvalue weighted by Crippen LogP contribution is -2.25. The van der Waals surface area contributed by atoms with Gasteiger partial charge in [-0.05, 0) is 44.2 Å². The van der Waals surface area contributed by atoms with Gasteiger partial charge in [0.1, 0.15) is 5.75 Å². The van der Waals surface area contributed by atoms with Gasteiger partial charge in [-0.25, -0.2) is 0 Å². The van der Waals surface area contributed by atoms with Crippen LogP contribution in [-0.2, 0) is 6.54 Å². The fraction of sp³-hybridized carbons (Fsp3) is 0.231. The highest BCUT2D eigenvalue weighted by molar-refractivity contribution is 6.15. The van der Waals surface area contributed by atoms with Crippen molar-refractivity contribution in [1.29, 1.82) is 0 Å². The molecule has 0 aliphatic heterocycles. The van der Waals surface area contributed by atoms with Gasteiger partial charge in [0.25, 0.3) is 5.91 Å². The third kappa shape index (κ3) is 5.27. The Hall–Kier alpha value is -3.80. The van der Waals surface area contributed by atoms with Crippen molar-refractivity contribution in [3.63, 3.8) is 0 Å². The van der Waals surface area contributed by atoms with Crippen LogP contribution in [0, 0.1) is 0 Å². The summed E-state index contributed by atoms with van der Waals surface area (Å²) in [5, 5.41) is 2.88. The Labute approximate surface area is 188 Å². The van der Waals surface area contributed by atoms with Crippen LogP contribution in [0.2, 0.25) is 0 Å². The summed E-state index contributed by atoms with van der Waals surface area (Å²) in [5.74, 6) is 1.16. The van der Waals surface area contributed by atoms with E-state index in [1.54, 1.807) is 49.6 Å². The topological polar surface area (TPSA) is 73.9 Å². The van der Waals surface area contributed by atoms with E-state index in [1.807, 2.05) is 38.1 Å². The van der Waals surface area contributed by atoms with E-state index < -0.39 is 0 Å². The minimum Gasteiger partial charge on any atom is -0.496 e. The van der Waals surface area contributed by atoms with Gasteiger partial charge >= 0.3 is 0 Å². The zero-order valence-corrected chi connectivity index (χ0v) is 18.5. The molecule has 6 nitrogen and oxygen atoms in total. The van der Waals surface area contributed by atoms with Gasteiger partial charge in [0.15, 0.2) is 17.3 Å². The number of nitrogens with one attached hydrogen (secondary N) is 1. The molecule has 0 aliphatic rings. The minimum atomic E-state index is -0.337. The molecule has 0 saturated heterocycles. The Bertz CT molecular complexity index is 1090. The van der Waals surface area contributed by atoms with Gasteiger partial charge in [0.05, 0.1) is 25.9 Å². The maximum Gasteiger partial charge on any atom is 0.252 e. The Kier molecular flexibility index (Phi) is 7.86. The Morgan fingerprint density at radius 3 is 2.16 bits per heavy atom. The molecule has 3 aromatic rings. The highest BCUT2D eigenvalue weighted by Crippen LogP contribution is 2.30. The van der Waals surface area contributed by atoms with Gasteiger partial charge in [0, 0.05) is 23.2 Å². The number of hydrogen-bond donors (Lipinski definition) is 1. The van der Waals surface area contributed by atoms with Crippen molar-refractivity contribution >= 4 is 11.7 Å². The summed E-state index contributed by atoms with van der Waals surface area (Å²) >= 11 is 0. The van der Waals surface area contributed by atoms with Crippen molar-refractivity contribution in [1.82, 2.24) is 5.32 Å². The molecule has 1 amide bonds. The number of ketones is 1. The third-order valence-corrected chi connectivity index (χ3v) is 4.85. The van der Waals surface area contributed by atoms with Gasteiger partial charge in [-0.15, -0.1) is 0 Å². The molecule has 0 bridgehead atoms. The molecule has 166 valence electrons. The molecule has 0 unspecified atom stereocenters. The van der Waals surface area contributed by atoms with Gasteiger partial charge in [0.2, 0.25) is 0 Å². The first-order valence-corrected chi connectivity index (χ1v) is 10.5. The largest absolute Gasteiger partial charge is 0.496 e. The molecule has 3 rings (SSSR count). The molecule has 6 heteroatoms. The second kappa shape index (κ2) is 11.0. The summed E-state index contributed by atoms with van der Waals surface area (Å²) in [5.41, 5.74) is 1.89. The van der Waals surface area contributed by atoms with Crippen molar-refractivity contribution in [3.05, 3.63) is 89.0 Å². The van der Waals surface area contributed by atoms with Crippen LogP contribution in [0.15, 0.2) is 66.7 Å². The zero-order chi connectivity index (χ0) is 22.9.